The molecule has 2 aromatic rings. The molecule has 0 amide bonds. The second kappa shape index (κ2) is 4.02. The van der Waals surface area contributed by atoms with Crippen molar-refractivity contribution >= 4 is 27.2 Å². The summed E-state index contributed by atoms with van der Waals surface area (Å²) in [4.78, 5) is 11.2. The monoisotopic (exact) mass is 230 g/mol. The van der Waals surface area contributed by atoms with Crippen LogP contribution in [0.1, 0.15) is 37.2 Å². The van der Waals surface area contributed by atoms with Crippen LogP contribution < -0.4 is 0 Å². The molecule has 1 aliphatic rings. The van der Waals surface area contributed by atoms with Gasteiger partial charge in [0.2, 0.25) is 0 Å². The average Bonchev–Trinajstić information content (AvgIpc) is 2.77. The van der Waals surface area contributed by atoms with Crippen molar-refractivity contribution in [3.63, 3.8) is 0 Å². The van der Waals surface area contributed by atoms with E-state index in [1.807, 2.05) is 0 Å². The summed E-state index contributed by atoms with van der Waals surface area (Å²) >= 11 is 1.80. The highest BCUT2D eigenvalue weighted by Crippen LogP contribution is 2.33. The molecule has 1 saturated carbocycles. The van der Waals surface area contributed by atoms with Crippen molar-refractivity contribution in [1.29, 1.82) is 0 Å². The highest BCUT2D eigenvalue weighted by molar-refractivity contribution is 7.17. The van der Waals surface area contributed by atoms with Gasteiger partial charge >= 0.3 is 0 Å². The lowest BCUT2D eigenvalue weighted by atomic mass is 9.83. The highest BCUT2D eigenvalue weighted by Gasteiger charge is 2.20. The van der Waals surface area contributed by atoms with Crippen molar-refractivity contribution in [2.45, 2.75) is 31.6 Å². The first kappa shape index (κ1) is 10.0. The fourth-order valence-electron chi connectivity index (χ4n) is 2.50. The SMILES string of the molecule is O=C1CCC(c2ccc3ccsc3c2)CC1. The van der Waals surface area contributed by atoms with Crippen LogP contribution in [0.3, 0.4) is 0 Å². The summed E-state index contributed by atoms with van der Waals surface area (Å²) in [6.45, 7) is 0. The summed E-state index contributed by atoms with van der Waals surface area (Å²) < 4.78 is 1.37. The summed E-state index contributed by atoms with van der Waals surface area (Å²) in [7, 11) is 0. The minimum absolute atomic E-state index is 0.438. The molecular formula is C14H14OS. The minimum Gasteiger partial charge on any atom is -0.300 e. The largest absolute Gasteiger partial charge is 0.300 e. The van der Waals surface area contributed by atoms with Gasteiger partial charge in [-0.05, 0) is 47.2 Å². The summed E-state index contributed by atoms with van der Waals surface area (Å²) in [6.07, 6.45) is 3.62. The lowest BCUT2D eigenvalue weighted by Gasteiger charge is -2.21. The first-order valence-electron chi connectivity index (χ1n) is 5.82. The Morgan fingerprint density at radius 1 is 1.12 bits per heavy atom. The fraction of sp³-hybridized carbons (Fsp3) is 0.357. The zero-order valence-electron chi connectivity index (χ0n) is 9.11. The molecular weight excluding hydrogens is 216 g/mol. The molecule has 2 heteroatoms. The molecule has 1 nitrogen and oxygen atoms in total. The van der Waals surface area contributed by atoms with Crippen molar-refractivity contribution in [2.75, 3.05) is 0 Å². The van der Waals surface area contributed by atoms with E-state index in [0.717, 1.165) is 25.7 Å². The van der Waals surface area contributed by atoms with Gasteiger partial charge in [0.05, 0.1) is 0 Å². The summed E-state index contributed by atoms with van der Waals surface area (Å²) in [5.74, 6) is 1.04. The number of carbonyl (C=O) groups is 1. The number of carbonyl (C=O) groups excluding carboxylic acids is 1. The number of thiophene rings is 1. The first-order valence-corrected chi connectivity index (χ1v) is 6.70. The van der Waals surface area contributed by atoms with Crippen LogP contribution >= 0.6 is 11.3 Å². The molecule has 0 unspecified atom stereocenters. The van der Waals surface area contributed by atoms with Crippen LogP contribution in [-0.2, 0) is 4.79 Å². The maximum atomic E-state index is 11.2. The van der Waals surface area contributed by atoms with Crippen molar-refractivity contribution in [3.8, 4) is 0 Å². The number of Topliss-reactive ketones (excluding diaryl/α,β-unsaturated/α-hetero) is 1. The third-order valence-electron chi connectivity index (χ3n) is 3.49. The Morgan fingerprint density at radius 2 is 1.94 bits per heavy atom. The number of hydrogen-bond acceptors (Lipinski definition) is 2. The van der Waals surface area contributed by atoms with Gasteiger partial charge in [-0.1, -0.05) is 12.1 Å². The van der Waals surface area contributed by atoms with Gasteiger partial charge in [-0.3, -0.25) is 4.79 Å². The number of ketones is 1. The third kappa shape index (κ3) is 1.78. The van der Waals surface area contributed by atoms with E-state index in [1.54, 1.807) is 11.3 Å². The first-order chi connectivity index (χ1) is 7.83. The van der Waals surface area contributed by atoms with Crippen molar-refractivity contribution in [3.05, 3.63) is 35.2 Å². The van der Waals surface area contributed by atoms with Gasteiger partial charge in [0.25, 0.3) is 0 Å². The Hall–Kier alpha value is -1.15. The van der Waals surface area contributed by atoms with Gasteiger partial charge in [0.1, 0.15) is 5.78 Å². The van der Waals surface area contributed by atoms with Crippen molar-refractivity contribution in [1.82, 2.24) is 0 Å². The van der Waals surface area contributed by atoms with Crippen LogP contribution in [0, 0.1) is 0 Å². The third-order valence-corrected chi connectivity index (χ3v) is 4.37. The molecule has 0 N–H and O–H groups in total. The predicted octanol–water partition coefficient (Wildman–Crippen LogP) is 4.13. The highest BCUT2D eigenvalue weighted by atomic mass is 32.1. The molecule has 0 spiro atoms. The molecule has 1 aliphatic carbocycles. The minimum atomic E-state index is 0.438. The number of fused-ring (bicyclic) bond motifs is 1. The molecule has 0 saturated heterocycles. The Morgan fingerprint density at radius 3 is 2.75 bits per heavy atom. The molecule has 0 bridgehead atoms. The predicted molar refractivity (Wildman–Crippen MR) is 68.0 cm³/mol. The van der Waals surface area contributed by atoms with Crippen LogP contribution in [0.15, 0.2) is 29.6 Å². The average molecular weight is 230 g/mol. The van der Waals surface area contributed by atoms with Gasteiger partial charge in [-0.15, -0.1) is 11.3 Å². The molecule has 1 aromatic carbocycles. The molecule has 3 rings (SSSR count). The molecule has 82 valence electrons. The van der Waals surface area contributed by atoms with E-state index in [2.05, 4.69) is 29.6 Å². The standard InChI is InChI=1S/C14H14OS/c15-13-5-3-10(4-6-13)12-2-1-11-7-8-16-14(11)9-12/h1-2,7-10H,3-6H2. The lowest BCUT2D eigenvalue weighted by Crippen LogP contribution is -2.12. The van der Waals surface area contributed by atoms with Crippen molar-refractivity contribution < 1.29 is 4.79 Å². The van der Waals surface area contributed by atoms with E-state index in [0.29, 0.717) is 11.7 Å². The Bertz CT molecular complexity index is 516. The maximum absolute atomic E-state index is 11.2. The zero-order valence-corrected chi connectivity index (χ0v) is 9.93. The van der Waals surface area contributed by atoms with Crippen LogP contribution in [-0.4, -0.2) is 5.78 Å². The number of benzene rings is 1. The van der Waals surface area contributed by atoms with Gasteiger partial charge in [-0.2, -0.15) is 0 Å². The molecule has 1 aromatic heterocycles. The van der Waals surface area contributed by atoms with E-state index in [4.69, 9.17) is 0 Å². The molecule has 1 heterocycles. The van der Waals surface area contributed by atoms with E-state index >= 15 is 0 Å². The van der Waals surface area contributed by atoms with Crippen LogP contribution in [0.5, 0.6) is 0 Å². The van der Waals surface area contributed by atoms with E-state index in [-0.39, 0.29) is 0 Å². The molecule has 0 radical (unpaired) electrons. The smallest absolute Gasteiger partial charge is 0.132 e. The molecule has 0 atom stereocenters. The Labute approximate surface area is 99.1 Å². The Balaban J connectivity index is 1.90. The second-order valence-electron chi connectivity index (χ2n) is 4.53. The zero-order chi connectivity index (χ0) is 11.0. The molecule has 1 fully saturated rings. The number of rotatable bonds is 1. The van der Waals surface area contributed by atoms with E-state index < -0.39 is 0 Å². The second-order valence-corrected chi connectivity index (χ2v) is 5.48. The molecule has 16 heavy (non-hydrogen) atoms. The van der Waals surface area contributed by atoms with Crippen LogP contribution in [0.25, 0.3) is 10.1 Å². The lowest BCUT2D eigenvalue weighted by molar-refractivity contribution is -0.120. The molecule has 0 aliphatic heterocycles. The van der Waals surface area contributed by atoms with Gasteiger partial charge in [0.15, 0.2) is 0 Å². The number of hydrogen-bond donors (Lipinski definition) is 0. The van der Waals surface area contributed by atoms with Gasteiger partial charge < -0.3 is 0 Å². The van der Waals surface area contributed by atoms with E-state index in [9.17, 15) is 4.79 Å². The van der Waals surface area contributed by atoms with Gasteiger partial charge in [-0.25, -0.2) is 0 Å². The summed E-state index contributed by atoms with van der Waals surface area (Å²) in [5.41, 5.74) is 1.42. The maximum Gasteiger partial charge on any atom is 0.132 e. The quantitative estimate of drug-likeness (QED) is 0.720. The summed E-state index contributed by atoms with van der Waals surface area (Å²) in [6, 6.07) is 8.90. The van der Waals surface area contributed by atoms with E-state index in [1.165, 1.54) is 15.6 Å². The van der Waals surface area contributed by atoms with Crippen molar-refractivity contribution in [2.24, 2.45) is 0 Å². The Kier molecular flexibility index (Phi) is 2.52. The van der Waals surface area contributed by atoms with Crippen LogP contribution in [0.2, 0.25) is 0 Å². The normalized spacial score (nSPS) is 18.1. The van der Waals surface area contributed by atoms with Gasteiger partial charge in [0, 0.05) is 17.5 Å². The van der Waals surface area contributed by atoms with Crippen LogP contribution in [0.4, 0.5) is 0 Å². The topological polar surface area (TPSA) is 17.1 Å². The summed E-state index contributed by atoms with van der Waals surface area (Å²) in [5, 5.41) is 3.47. The fourth-order valence-corrected chi connectivity index (χ4v) is 3.34.